The van der Waals surface area contributed by atoms with Crippen LogP contribution in [0.2, 0.25) is 15.1 Å². The van der Waals surface area contributed by atoms with Crippen LogP contribution in [0.25, 0.3) is 0 Å². The van der Waals surface area contributed by atoms with Crippen molar-refractivity contribution in [2.45, 2.75) is 0 Å². The SMILES string of the molecule is CS(=O)(=O)N(CC(=O)N/N=C\c1ccc(Cl)cc1Cl)c1ccc(Cl)cc1. The molecule has 0 unspecified atom stereocenters. The van der Waals surface area contributed by atoms with Crippen LogP contribution in [-0.2, 0) is 14.8 Å². The van der Waals surface area contributed by atoms with Crippen molar-refractivity contribution in [3.8, 4) is 0 Å². The number of hydrogen-bond donors (Lipinski definition) is 1. The summed E-state index contributed by atoms with van der Waals surface area (Å²) in [7, 11) is -3.67. The fraction of sp³-hybridized carbons (Fsp3) is 0.125. The largest absolute Gasteiger partial charge is 0.271 e. The Balaban J connectivity index is 2.08. The molecular weight excluding hydrogens is 421 g/mol. The molecule has 0 aliphatic heterocycles. The molecule has 1 amide bonds. The predicted octanol–water partition coefficient (Wildman–Crippen LogP) is 3.56. The van der Waals surface area contributed by atoms with Gasteiger partial charge in [0.15, 0.2) is 0 Å². The van der Waals surface area contributed by atoms with Gasteiger partial charge >= 0.3 is 0 Å². The molecule has 0 aliphatic carbocycles. The number of carbonyl (C=O) groups excluding carboxylic acids is 1. The predicted molar refractivity (Wildman–Crippen MR) is 106 cm³/mol. The van der Waals surface area contributed by atoms with Crippen LogP contribution >= 0.6 is 34.8 Å². The highest BCUT2D eigenvalue weighted by Crippen LogP contribution is 2.20. The second-order valence-corrected chi connectivity index (χ2v) is 8.39. The average Bonchev–Trinajstić information content (AvgIpc) is 2.55. The van der Waals surface area contributed by atoms with E-state index in [1.807, 2.05) is 0 Å². The number of nitrogens with one attached hydrogen (secondary N) is 1. The number of amides is 1. The summed E-state index contributed by atoms with van der Waals surface area (Å²) < 4.78 is 24.9. The minimum atomic E-state index is -3.67. The molecule has 0 atom stereocenters. The number of halogens is 3. The maximum atomic E-state index is 12.1. The third-order valence-corrected chi connectivity index (χ3v) is 5.11. The third kappa shape index (κ3) is 5.88. The van der Waals surface area contributed by atoms with Crippen molar-refractivity contribution in [3.05, 3.63) is 63.1 Å². The molecule has 0 bridgehead atoms. The molecule has 0 spiro atoms. The number of hydrazone groups is 1. The second kappa shape index (κ2) is 8.73. The third-order valence-electron chi connectivity index (χ3n) is 3.16. The Morgan fingerprint density at radius 3 is 2.31 bits per heavy atom. The molecule has 138 valence electrons. The van der Waals surface area contributed by atoms with E-state index in [1.165, 1.54) is 36.5 Å². The molecule has 0 saturated carbocycles. The molecule has 0 radical (unpaired) electrons. The summed E-state index contributed by atoms with van der Waals surface area (Å²) in [6.45, 7) is -0.438. The smallest absolute Gasteiger partial charge is 0.260 e. The van der Waals surface area contributed by atoms with Crippen molar-refractivity contribution in [1.29, 1.82) is 0 Å². The first-order chi connectivity index (χ1) is 12.2. The van der Waals surface area contributed by atoms with E-state index in [9.17, 15) is 13.2 Å². The number of benzene rings is 2. The van der Waals surface area contributed by atoms with E-state index >= 15 is 0 Å². The Hall–Kier alpha value is -1.80. The number of carbonyl (C=O) groups is 1. The van der Waals surface area contributed by atoms with Gasteiger partial charge in [0.1, 0.15) is 6.54 Å². The summed E-state index contributed by atoms with van der Waals surface area (Å²) in [5.74, 6) is -0.619. The molecule has 6 nitrogen and oxygen atoms in total. The molecule has 2 rings (SSSR count). The van der Waals surface area contributed by atoms with E-state index in [4.69, 9.17) is 34.8 Å². The average molecular weight is 435 g/mol. The van der Waals surface area contributed by atoms with Gasteiger partial charge in [-0.1, -0.05) is 40.9 Å². The molecule has 2 aromatic rings. The fourth-order valence-electron chi connectivity index (χ4n) is 1.95. The first kappa shape index (κ1) is 20.5. The van der Waals surface area contributed by atoms with Crippen LogP contribution < -0.4 is 9.73 Å². The van der Waals surface area contributed by atoms with Gasteiger partial charge in [0, 0.05) is 15.6 Å². The quantitative estimate of drug-likeness (QED) is 0.558. The fourth-order valence-corrected chi connectivity index (χ4v) is 3.39. The van der Waals surface area contributed by atoms with E-state index in [-0.39, 0.29) is 0 Å². The van der Waals surface area contributed by atoms with Crippen LogP contribution in [0, 0.1) is 0 Å². The topological polar surface area (TPSA) is 78.8 Å². The second-order valence-electron chi connectivity index (χ2n) is 5.21. The van der Waals surface area contributed by atoms with Gasteiger partial charge < -0.3 is 0 Å². The van der Waals surface area contributed by atoms with E-state index in [1.54, 1.807) is 12.1 Å². The summed E-state index contributed by atoms with van der Waals surface area (Å²) in [5, 5.41) is 5.08. The number of nitrogens with zero attached hydrogens (tertiary/aromatic N) is 2. The maximum Gasteiger partial charge on any atom is 0.260 e. The molecule has 0 fully saturated rings. The van der Waals surface area contributed by atoms with Crippen molar-refractivity contribution in [1.82, 2.24) is 5.43 Å². The zero-order chi connectivity index (χ0) is 19.3. The van der Waals surface area contributed by atoms with Crippen LogP contribution in [0.1, 0.15) is 5.56 Å². The molecule has 0 heterocycles. The molecule has 1 N–H and O–H groups in total. The van der Waals surface area contributed by atoms with Crippen LogP contribution in [0.3, 0.4) is 0 Å². The lowest BCUT2D eigenvalue weighted by molar-refractivity contribution is -0.119. The Morgan fingerprint density at radius 2 is 1.73 bits per heavy atom. The zero-order valence-corrected chi connectivity index (χ0v) is 16.6. The lowest BCUT2D eigenvalue weighted by Gasteiger charge is -2.21. The van der Waals surface area contributed by atoms with Crippen molar-refractivity contribution < 1.29 is 13.2 Å². The van der Waals surface area contributed by atoms with E-state index in [2.05, 4.69) is 10.5 Å². The Labute approximate surface area is 166 Å². The molecule has 0 aromatic heterocycles. The summed E-state index contributed by atoms with van der Waals surface area (Å²) >= 11 is 17.6. The normalized spacial score (nSPS) is 11.5. The standard InChI is InChI=1S/C16H14Cl3N3O3S/c1-26(24,25)22(14-6-4-12(17)5-7-14)10-16(23)21-20-9-11-2-3-13(18)8-15(11)19/h2-9H,10H2,1H3,(H,21,23)/b20-9-. The Kier molecular flexibility index (Phi) is 6.88. The maximum absolute atomic E-state index is 12.1. The van der Waals surface area contributed by atoms with Gasteiger partial charge in [-0.2, -0.15) is 5.10 Å². The van der Waals surface area contributed by atoms with Crippen molar-refractivity contribution in [3.63, 3.8) is 0 Å². The highest BCUT2D eigenvalue weighted by Gasteiger charge is 2.20. The first-order valence-corrected chi connectivity index (χ1v) is 10.2. The monoisotopic (exact) mass is 433 g/mol. The van der Waals surface area contributed by atoms with Gasteiger partial charge in [-0.25, -0.2) is 13.8 Å². The van der Waals surface area contributed by atoms with Gasteiger partial charge in [-0.3, -0.25) is 9.10 Å². The Bertz CT molecular complexity index is 932. The lowest BCUT2D eigenvalue weighted by Crippen LogP contribution is -2.39. The van der Waals surface area contributed by atoms with Gasteiger partial charge in [0.2, 0.25) is 10.0 Å². The summed E-state index contributed by atoms with van der Waals surface area (Å²) in [6.07, 6.45) is 2.34. The minimum Gasteiger partial charge on any atom is -0.271 e. The summed E-state index contributed by atoms with van der Waals surface area (Å²) in [5.41, 5.74) is 3.13. The van der Waals surface area contributed by atoms with E-state index < -0.39 is 22.5 Å². The van der Waals surface area contributed by atoms with Crippen molar-refractivity contribution >= 4 is 62.6 Å². The van der Waals surface area contributed by atoms with Crippen LogP contribution in [-0.4, -0.2) is 33.3 Å². The van der Waals surface area contributed by atoms with Gasteiger partial charge in [-0.15, -0.1) is 0 Å². The zero-order valence-electron chi connectivity index (χ0n) is 13.5. The molecule has 0 aliphatic rings. The highest BCUT2D eigenvalue weighted by molar-refractivity contribution is 7.92. The van der Waals surface area contributed by atoms with E-state index in [0.717, 1.165) is 10.6 Å². The number of rotatable bonds is 6. The van der Waals surface area contributed by atoms with Crippen LogP contribution in [0.5, 0.6) is 0 Å². The number of hydrogen-bond acceptors (Lipinski definition) is 4. The van der Waals surface area contributed by atoms with Crippen LogP contribution in [0.15, 0.2) is 47.6 Å². The number of sulfonamides is 1. The lowest BCUT2D eigenvalue weighted by atomic mass is 10.2. The molecule has 26 heavy (non-hydrogen) atoms. The van der Waals surface area contributed by atoms with E-state index in [0.29, 0.717) is 26.3 Å². The Morgan fingerprint density at radius 1 is 1.12 bits per heavy atom. The molecule has 0 saturated heterocycles. The van der Waals surface area contributed by atoms with Crippen molar-refractivity contribution in [2.75, 3.05) is 17.1 Å². The summed E-state index contributed by atoms with van der Waals surface area (Å²) in [6, 6.07) is 10.9. The molecule has 10 heteroatoms. The van der Waals surface area contributed by atoms with Crippen LogP contribution in [0.4, 0.5) is 5.69 Å². The summed E-state index contributed by atoms with van der Waals surface area (Å²) in [4.78, 5) is 12.1. The van der Waals surface area contributed by atoms with Gasteiger partial charge in [0.05, 0.1) is 23.2 Å². The molecule has 2 aromatic carbocycles. The minimum absolute atomic E-state index is 0.316. The number of anilines is 1. The van der Waals surface area contributed by atoms with Gasteiger partial charge in [-0.05, 0) is 36.4 Å². The van der Waals surface area contributed by atoms with Crippen molar-refractivity contribution in [2.24, 2.45) is 5.10 Å². The highest BCUT2D eigenvalue weighted by atomic mass is 35.5. The molecular formula is C16H14Cl3N3O3S. The van der Waals surface area contributed by atoms with Gasteiger partial charge in [0.25, 0.3) is 5.91 Å². The first-order valence-electron chi connectivity index (χ1n) is 7.17.